The topological polar surface area (TPSA) is 40.5 Å². The summed E-state index contributed by atoms with van der Waals surface area (Å²) in [4.78, 5) is 13.4. The van der Waals surface area contributed by atoms with Gasteiger partial charge in [0.2, 0.25) is 0 Å². The van der Waals surface area contributed by atoms with Crippen LogP contribution in [0.5, 0.6) is 0 Å². The first-order valence-electron chi connectivity index (χ1n) is 5.63. The van der Waals surface area contributed by atoms with E-state index in [2.05, 4.69) is 11.8 Å². The molecule has 0 aromatic heterocycles. The normalized spacial score (nSPS) is 16.7. The molecule has 0 spiro atoms. The van der Waals surface area contributed by atoms with Gasteiger partial charge in [0.1, 0.15) is 0 Å². The van der Waals surface area contributed by atoms with Gasteiger partial charge in [-0.2, -0.15) is 0 Å². The fourth-order valence-corrected chi connectivity index (χ4v) is 2.13. The predicted octanol–water partition coefficient (Wildman–Crippen LogP) is 1.16. The summed E-state index contributed by atoms with van der Waals surface area (Å²) in [5.74, 6) is 5.04. The predicted molar refractivity (Wildman–Crippen MR) is 59.1 cm³/mol. The van der Waals surface area contributed by atoms with Crippen LogP contribution in [0.1, 0.15) is 39.0 Å². The van der Waals surface area contributed by atoms with Crippen molar-refractivity contribution >= 4 is 5.91 Å². The highest BCUT2D eigenvalue weighted by Crippen LogP contribution is 2.22. The van der Waals surface area contributed by atoms with Crippen LogP contribution < -0.4 is 0 Å². The average Bonchev–Trinajstić information content (AvgIpc) is 2.27. The van der Waals surface area contributed by atoms with Gasteiger partial charge in [0.15, 0.2) is 0 Å². The summed E-state index contributed by atoms with van der Waals surface area (Å²) in [5.41, 5.74) is 0. The van der Waals surface area contributed by atoms with Crippen LogP contribution in [0, 0.1) is 11.8 Å². The lowest BCUT2D eigenvalue weighted by Gasteiger charge is -2.32. The standard InChI is InChI=1S/C12H19NO2/c1-2-6-12(15)13(9-10-14)11-7-4-3-5-8-11/h11,14H,3-5,7-10H2,1H3. The number of amides is 1. The molecule has 0 heterocycles. The van der Waals surface area contributed by atoms with E-state index in [1.54, 1.807) is 11.8 Å². The Hall–Kier alpha value is -1.01. The summed E-state index contributed by atoms with van der Waals surface area (Å²) in [7, 11) is 0. The van der Waals surface area contributed by atoms with Crippen LogP contribution in [-0.4, -0.2) is 35.1 Å². The van der Waals surface area contributed by atoms with E-state index >= 15 is 0 Å². The third-order valence-electron chi connectivity index (χ3n) is 2.85. The molecule has 0 aliphatic heterocycles. The molecule has 0 bridgehead atoms. The van der Waals surface area contributed by atoms with Gasteiger partial charge in [-0.1, -0.05) is 25.2 Å². The molecule has 0 radical (unpaired) electrons. The van der Waals surface area contributed by atoms with Crippen LogP contribution in [-0.2, 0) is 4.79 Å². The van der Waals surface area contributed by atoms with Crippen molar-refractivity contribution in [2.45, 2.75) is 45.1 Å². The Morgan fingerprint density at radius 3 is 2.60 bits per heavy atom. The molecule has 0 saturated heterocycles. The van der Waals surface area contributed by atoms with Gasteiger partial charge in [-0.25, -0.2) is 0 Å². The van der Waals surface area contributed by atoms with Gasteiger partial charge in [-0.15, -0.1) is 0 Å². The Bertz CT molecular complexity index is 259. The van der Waals surface area contributed by atoms with E-state index in [9.17, 15) is 4.79 Å². The zero-order chi connectivity index (χ0) is 11.1. The molecule has 1 saturated carbocycles. The molecular weight excluding hydrogens is 190 g/mol. The molecule has 1 aliphatic carbocycles. The second-order valence-electron chi connectivity index (χ2n) is 3.89. The Morgan fingerprint density at radius 1 is 1.40 bits per heavy atom. The third-order valence-corrected chi connectivity index (χ3v) is 2.85. The second-order valence-corrected chi connectivity index (χ2v) is 3.89. The van der Waals surface area contributed by atoms with Crippen molar-refractivity contribution in [1.82, 2.24) is 4.90 Å². The molecule has 1 amide bonds. The smallest absolute Gasteiger partial charge is 0.298 e. The monoisotopic (exact) mass is 209 g/mol. The Kier molecular flexibility index (Phi) is 5.20. The minimum Gasteiger partial charge on any atom is -0.395 e. The Morgan fingerprint density at radius 2 is 2.07 bits per heavy atom. The molecule has 1 fully saturated rings. The first-order chi connectivity index (χ1) is 7.29. The molecule has 15 heavy (non-hydrogen) atoms. The quantitative estimate of drug-likeness (QED) is 0.709. The highest BCUT2D eigenvalue weighted by Gasteiger charge is 2.23. The van der Waals surface area contributed by atoms with Crippen LogP contribution in [0.2, 0.25) is 0 Å². The van der Waals surface area contributed by atoms with Gasteiger partial charge >= 0.3 is 0 Å². The second kappa shape index (κ2) is 6.47. The lowest BCUT2D eigenvalue weighted by molar-refractivity contribution is -0.128. The van der Waals surface area contributed by atoms with E-state index in [1.807, 2.05) is 0 Å². The van der Waals surface area contributed by atoms with E-state index in [1.165, 1.54) is 19.3 Å². The van der Waals surface area contributed by atoms with E-state index in [0.29, 0.717) is 12.6 Å². The molecule has 0 aromatic rings. The number of aliphatic hydroxyl groups excluding tert-OH is 1. The van der Waals surface area contributed by atoms with E-state index in [4.69, 9.17) is 5.11 Å². The van der Waals surface area contributed by atoms with Crippen LogP contribution in [0.4, 0.5) is 0 Å². The number of carbonyl (C=O) groups excluding carboxylic acids is 1. The van der Waals surface area contributed by atoms with Gasteiger partial charge in [0.05, 0.1) is 6.61 Å². The number of aliphatic hydroxyl groups is 1. The van der Waals surface area contributed by atoms with Gasteiger partial charge in [0, 0.05) is 12.6 Å². The molecule has 3 heteroatoms. The molecule has 3 nitrogen and oxygen atoms in total. The highest BCUT2D eigenvalue weighted by molar-refractivity contribution is 5.93. The average molecular weight is 209 g/mol. The number of rotatable bonds is 3. The summed E-state index contributed by atoms with van der Waals surface area (Å²) in [6.07, 6.45) is 5.73. The maximum absolute atomic E-state index is 11.7. The minimum absolute atomic E-state index is 0.0215. The molecule has 1 N–H and O–H groups in total. The third kappa shape index (κ3) is 3.56. The van der Waals surface area contributed by atoms with E-state index in [-0.39, 0.29) is 12.5 Å². The van der Waals surface area contributed by atoms with Gasteiger partial charge in [0.25, 0.3) is 5.91 Å². The van der Waals surface area contributed by atoms with Crippen molar-refractivity contribution in [2.75, 3.05) is 13.2 Å². The first-order valence-corrected chi connectivity index (χ1v) is 5.63. The summed E-state index contributed by atoms with van der Waals surface area (Å²) in [5, 5.41) is 8.94. The maximum atomic E-state index is 11.7. The number of nitrogens with zero attached hydrogens (tertiary/aromatic N) is 1. The summed E-state index contributed by atoms with van der Waals surface area (Å²) in [6, 6.07) is 0.291. The lowest BCUT2D eigenvalue weighted by atomic mass is 9.94. The lowest BCUT2D eigenvalue weighted by Crippen LogP contribution is -2.42. The molecule has 0 atom stereocenters. The van der Waals surface area contributed by atoms with Crippen molar-refractivity contribution in [3.8, 4) is 11.8 Å². The molecule has 84 valence electrons. The van der Waals surface area contributed by atoms with Crippen LogP contribution in [0.25, 0.3) is 0 Å². The van der Waals surface area contributed by atoms with Crippen LogP contribution in [0.3, 0.4) is 0 Å². The molecule has 1 rings (SSSR count). The largest absolute Gasteiger partial charge is 0.395 e. The van der Waals surface area contributed by atoms with Crippen molar-refractivity contribution in [2.24, 2.45) is 0 Å². The number of carbonyl (C=O) groups is 1. The summed E-state index contributed by atoms with van der Waals surface area (Å²) < 4.78 is 0. The van der Waals surface area contributed by atoms with Crippen LogP contribution >= 0.6 is 0 Å². The van der Waals surface area contributed by atoms with Crippen molar-refractivity contribution in [3.63, 3.8) is 0 Å². The Labute approximate surface area is 91.5 Å². The minimum atomic E-state index is -0.140. The maximum Gasteiger partial charge on any atom is 0.298 e. The first kappa shape index (κ1) is 12.1. The van der Waals surface area contributed by atoms with Crippen molar-refractivity contribution in [3.05, 3.63) is 0 Å². The number of hydrogen-bond acceptors (Lipinski definition) is 2. The summed E-state index contributed by atoms with van der Waals surface area (Å²) >= 11 is 0. The molecule has 1 aliphatic rings. The molecular formula is C12H19NO2. The zero-order valence-corrected chi connectivity index (χ0v) is 9.33. The van der Waals surface area contributed by atoms with Crippen LogP contribution in [0.15, 0.2) is 0 Å². The zero-order valence-electron chi connectivity index (χ0n) is 9.33. The van der Waals surface area contributed by atoms with Crippen molar-refractivity contribution < 1.29 is 9.90 Å². The van der Waals surface area contributed by atoms with Gasteiger partial charge < -0.3 is 10.0 Å². The highest BCUT2D eigenvalue weighted by atomic mass is 16.3. The van der Waals surface area contributed by atoms with E-state index < -0.39 is 0 Å². The summed E-state index contributed by atoms with van der Waals surface area (Å²) in [6.45, 7) is 2.10. The fourth-order valence-electron chi connectivity index (χ4n) is 2.13. The SMILES string of the molecule is CC#CC(=O)N(CCO)C1CCCCC1. The van der Waals surface area contributed by atoms with Crippen molar-refractivity contribution in [1.29, 1.82) is 0 Å². The van der Waals surface area contributed by atoms with Gasteiger partial charge in [-0.3, -0.25) is 4.79 Å². The number of hydrogen-bond donors (Lipinski definition) is 1. The fraction of sp³-hybridized carbons (Fsp3) is 0.750. The van der Waals surface area contributed by atoms with E-state index in [0.717, 1.165) is 12.8 Å². The van der Waals surface area contributed by atoms with Gasteiger partial charge in [-0.05, 0) is 25.7 Å². The molecule has 0 unspecified atom stereocenters. The Balaban J connectivity index is 2.61. The molecule has 0 aromatic carbocycles.